The summed E-state index contributed by atoms with van der Waals surface area (Å²) in [6, 6.07) is 0. The maximum atomic E-state index is 11.4. The second-order valence-corrected chi connectivity index (χ2v) is 2.66. The first-order valence-corrected chi connectivity index (χ1v) is 3.98. The van der Waals surface area contributed by atoms with Crippen LogP contribution in [0.2, 0.25) is 0 Å². The van der Waals surface area contributed by atoms with E-state index in [4.69, 9.17) is 17.2 Å². The van der Waals surface area contributed by atoms with Crippen LogP contribution < -0.4 is 17.2 Å². The number of nitrogens with one attached hydrogen (secondary N) is 1. The van der Waals surface area contributed by atoms with Gasteiger partial charge in [0.05, 0.1) is 12.7 Å². The zero-order valence-corrected chi connectivity index (χ0v) is 8.75. The molecule has 1 aromatic rings. The number of hydrogen-bond donors (Lipinski definition) is 4. The van der Waals surface area contributed by atoms with Crippen molar-refractivity contribution in [3.8, 4) is 0 Å². The smallest absolute Gasteiger partial charge is 0.197 e. The van der Waals surface area contributed by atoms with Crippen LogP contribution in [-0.2, 0) is 0 Å². The van der Waals surface area contributed by atoms with Crippen molar-refractivity contribution < 1.29 is 4.79 Å². The second-order valence-electron chi connectivity index (χ2n) is 2.66. The molecule has 0 saturated carbocycles. The van der Waals surface area contributed by atoms with Gasteiger partial charge in [-0.2, -0.15) is 0 Å². The molecule has 7 nitrogen and oxygen atoms in total. The number of aromatic amines is 1. The number of nitrogens with two attached hydrogens (primary N) is 3. The Morgan fingerprint density at radius 2 is 2.20 bits per heavy atom. The van der Waals surface area contributed by atoms with Crippen molar-refractivity contribution in [3.05, 3.63) is 11.9 Å². The topological polar surface area (TPSA) is 136 Å². The minimum atomic E-state index is -0.126. The van der Waals surface area contributed by atoms with Gasteiger partial charge in [-0.15, -0.1) is 12.4 Å². The number of anilines is 1. The predicted octanol–water partition coefficient (Wildman–Crippen LogP) is -0.740. The van der Waals surface area contributed by atoms with Gasteiger partial charge in [-0.25, -0.2) is 4.98 Å². The van der Waals surface area contributed by atoms with E-state index in [2.05, 4.69) is 15.0 Å². The zero-order valence-electron chi connectivity index (χ0n) is 7.93. The summed E-state index contributed by atoms with van der Waals surface area (Å²) in [6.45, 7) is 0.264. The molecule has 0 aliphatic rings. The van der Waals surface area contributed by atoms with E-state index in [0.29, 0.717) is 5.69 Å². The van der Waals surface area contributed by atoms with Crippen molar-refractivity contribution in [2.75, 3.05) is 12.3 Å². The van der Waals surface area contributed by atoms with E-state index in [0.717, 1.165) is 0 Å². The van der Waals surface area contributed by atoms with Gasteiger partial charge in [0.15, 0.2) is 17.7 Å². The summed E-state index contributed by atoms with van der Waals surface area (Å²) in [5, 5.41) is 0. The number of aromatic nitrogens is 2. The molecule has 0 spiro atoms. The zero-order chi connectivity index (χ0) is 10.6. The fourth-order valence-corrected chi connectivity index (χ4v) is 0.900. The Morgan fingerprint density at radius 3 is 2.67 bits per heavy atom. The number of rotatable bonds is 4. The third-order valence-electron chi connectivity index (χ3n) is 1.53. The third-order valence-corrected chi connectivity index (χ3v) is 1.53. The standard InChI is InChI=1S/C7H12N6O.ClH/c8-6(9)11-2-1-5(14)4-3-12-7(10)13-4;/h3H,1-2H2,(H4,8,9,11)(H3,10,12,13);1H. The van der Waals surface area contributed by atoms with E-state index in [9.17, 15) is 4.79 Å². The molecule has 0 amide bonds. The summed E-state index contributed by atoms with van der Waals surface area (Å²) < 4.78 is 0. The SMILES string of the molecule is Cl.NC(N)=NCCC(=O)c1cnc(N)[nH]1. The highest BCUT2D eigenvalue weighted by molar-refractivity contribution is 5.94. The molecule has 1 aromatic heterocycles. The molecule has 0 bridgehead atoms. The molecule has 0 atom stereocenters. The Labute approximate surface area is 92.5 Å². The van der Waals surface area contributed by atoms with E-state index < -0.39 is 0 Å². The summed E-state index contributed by atoms with van der Waals surface area (Å²) in [6.07, 6.45) is 1.60. The van der Waals surface area contributed by atoms with Gasteiger partial charge in [-0.3, -0.25) is 9.79 Å². The van der Waals surface area contributed by atoms with Crippen LogP contribution in [0.25, 0.3) is 0 Å². The number of guanidine groups is 1. The monoisotopic (exact) mass is 232 g/mol. The molecule has 0 aromatic carbocycles. The highest BCUT2D eigenvalue weighted by Gasteiger charge is 2.07. The molecular formula is C7H13ClN6O. The van der Waals surface area contributed by atoms with Crippen molar-refractivity contribution in [2.24, 2.45) is 16.5 Å². The first kappa shape index (κ1) is 13.2. The fourth-order valence-electron chi connectivity index (χ4n) is 0.900. The fraction of sp³-hybridized carbons (Fsp3) is 0.286. The lowest BCUT2D eigenvalue weighted by Crippen LogP contribution is -2.23. The molecule has 0 fully saturated rings. The van der Waals surface area contributed by atoms with E-state index in [-0.39, 0.29) is 43.1 Å². The Kier molecular flexibility index (Phi) is 5.18. The highest BCUT2D eigenvalue weighted by Crippen LogP contribution is 2.01. The number of carbonyl (C=O) groups is 1. The number of carbonyl (C=O) groups excluding carboxylic acids is 1. The Hall–Kier alpha value is -1.76. The maximum Gasteiger partial charge on any atom is 0.197 e. The summed E-state index contributed by atoms with van der Waals surface area (Å²) in [7, 11) is 0. The average molecular weight is 233 g/mol. The molecule has 84 valence electrons. The summed E-state index contributed by atoms with van der Waals surface area (Å²) in [5.74, 6) is 0.0660. The van der Waals surface area contributed by atoms with Gasteiger partial charge in [0, 0.05) is 6.42 Å². The number of hydrogen-bond acceptors (Lipinski definition) is 4. The molecule has 1 heterocycles. The van der Waals surface area contributed by atoms with Gasteiger partial charge < -0.3 is 22.2 Å². The van der Waals surface area contributed by atoms with Crippen LogP contribution >= 0.6 is 12.4 Å². The number of H-pyrrole nitrogens is 1. The molecule has 15 heavy (non-hydrogen) atoms. The predicted molar refractivity (Wildman–Crippen MR) is 59.9 cm³/mol. The van der Waals surface area contributed by atoms with Crippen LogP contribution in [0.1, 0.15) is 16.9 Å². The molecule has 0 aliphatic carbocycles. The maximum absolute atomic E-state index is 11.4. The summed E-state index contributed by atoms with van der Waals surface area (Å²) in [4.78, 5) is 21.4. The van der Waals surface area contributed by atoms with Crippen LogP contribution in [0.4, 0.5) is 5.95 Å². The van der Waals surface area contributed by atoms with Gasteiger partial charge in [-0.1, -0.05) is 0 Å². The average Bonchev–Trinajstić information content (AvgIpc) is 2.51. The van der Waals surface area contributed by atoms with Crippen LogP contribution in [0.3, 0.4) is 0 Å². The minimum absolute atomic E-state index is 0. The number of Topliss-reactive ketones (excluding diaryl/α,β-unsaturated/α-hetero) is 1. The molecule has 0 radical (unpaired) electrons. The third kappa shape index (κ3) is 4.32. The number of halogens is 1. The van der Waals surface area contributed by atoms with Gasteiger partial charge in [0.2, 0.25) is 0 Å². The first-order valence-electron chi connectivity index (χ1n) is 3.98. The van der Waals surface area contributed by atoms with Crippen molar-refractivity contribution in [1.82, 2.24) is 9.97 Å². The molecule has 1 rings (SSSR count). The molecular weight excluding hydrogens is 220 g/mol. The Bertz CT molecular complexity index is 356. The van der Waals surface area contributed by atoms with Crippen LogP contribution in [0.15, 0.2) is 11.2 Å². The number of imidazole rings is 1. The lowest BCUT2D eigenvalue weighted by atomic mass is 10.2. The lowest BCUT2D eigenvalue weighted by Gasteiger charge is -1.94. The quantitative estimate of drug-likeness (QED) is 0.308. The number of ketones is 1. The molecule has 8 heteroatoms. The van der Waals surface area contributed by atoms with Crippen molar-refractivity contribution >= 4 is 30.1 Å². The van der Waals surface area contributed by atoms with E-state index >= 15 is 0 Å². The molecule has 0 aliphatic heterocycles. The van der Waals surface area contributed by atoms with E-state index in [1.807, 2.05) is 0 Å². The summed E-state index contributed by atoms with van der Waals surface area (Å²) in [5.41, 5.74) is 15.9. The molecule has 0 unspecified atom stereocenters. The highest BCUT2D eigenvalue weighted by atomic mass is 35.5. The van der Waals surface area contributed by atoms with Crippen LogP contribution in [0.5, 0.6) is 0 Å². The number of nitrogens with zero attached hydrogens (tertiary/aromatic N) is 2. The first-order chi connectivity index (χ1) is 6.59. The van der Waals surface area contributed by atoms with Gasteiger partial charge in [0.25, 0.3) is 0 Å². The van der Waals surface area contributed by atoms with Crippen molar-refractivity contribution in [1.29, 1.82) is 0 Å². The largest absolute Gasteiger partial charge is 0.370 e. The minimum Gasteiger partial charge on any atom is -0.370 e. The van der Waals surface area contributed by atoms with Crippen LogP contribution in [0, 0.1) is 0 Å². The Morgan fingerprint density at radius 1 is 1.53 bits per heavy atom. The van der Waals surface area contributed by atoms with Crippen molar-refractivity contribution in [3.63, 3.8) is 0 Å². The summed E-state index contributed by atoms with van der Waals surface area (Å²) >= 11 is 0. The normalized spacial score (nSPS) is 9.07. The molecule has 0 saturated heterocycles. The van der Waals surface area contributed by atoms with Gasteiger partial charge in [-0.05, 0) is 0 Å². The van der Waals surface area contributed by atoms with E-state index in [1.165, 1.54) is 6.20 Å². The molecule has 7 N–H and O–H groups in total. The van der Waals surface area contributed by atoms with Crippen molar-refractivity contribution in [2.45, 2.75) is 6.42 Å². The van der Waals surface area contributed by atoms with Crippen LogP contribution in [-0.4, -0.2) is 28.3 Å². The second kappa shape index (κ2) is 5.86. The number of nitrogen functional groups attached to an aromatic ring is 1. The van der Waals surface area contributed by atoms with Gasteiger partial charge in [0.1, 0.15) is 5.69 Å². The Balaban J connectivity index is 0.00000196. The number of aliphatic imine (C=N–C) groups is 1. The van der Waals surface area contributed by atoms with Gasteiger partial charge >= 0.3 is 0 Å². The lowest BCUT2D eigenvalue weighted by molar-refractivity contribution is 0.0981. The van der Waals surface area contributed by atoms with E-state index in [1.54, 1.807) is 0 Å².